The lowest BCUT2D eigenvalue weighted by atomic mass is 10.0. The van der Waals surface area contributed by atoms with E-state index >= 15 is 0 Å². The summed E-state index contributed by atoms with van der Waals surface area (Å²) >= 11 is 5.89. The number of ether oxygens (including phenoxy) is 1. The molecule has 0 unspecified atom stereocenters. The summed E-state index contributed by atoms with van der Waals surface area (Å²) in [5.74, 6) is -2.38. The highest BCUT2D eigenvalue weighted by Crippen LogP contribution is 2.18. The highest BCUT2D eigenvalue weighted by atomic mass is 35.5. The Bertz CT molecular complexity index is 1100. The Morgan fingerprint density at radius 2 is 1.59 bits per heavy atom. The number of benzene rings is 3. The van der Waals surface area contributed by atoms with E-state index in [1.807, 2.05) is 0 Å². The zero-order chi connectivity index (χ0) is 21.0. The van der Waals surface area contributed by atoms with Crippen LogP contribution < -0.4 is 5.32 Å². The molecule has 0 heterocycles. The van der Waals surface area contributed by atoms with Gasteiger partial charge in [-0.25, -0.2) is 9.18 Å². The molecule has 3 aromatic carbocycles. The molecule has 0 bridgehead atoms. The summed E-state index contributed by atoms with van der Waals surface area (Å²) < 4.78 is 18.3. The lowest BCUT2D eigenvalue weighted by Gasteiger charge is -2.08. The molecule has 0 atom stereocenters. The van der Waals surface area contributed by atoms with E-state index in [1.54, 1.807) is 36.4 Å². The van der Waals surface area contributed by atoms with E-state index in [9.17, 15) is 18.8 Å². The van der Waals surface area contributed by atoms with Crippen LogP contribution in [0, 0.1) is 5.82 Å². The van der Waals surface area contributed by atoms with Crippen molar-refractivity contribution in [2.75, 3.05) is 12.4 Å². The molecular weight excluding hydrogens is 397 g/mol. The third-order valence-electron chi connectivity index (χ3n) is 4.13. The first-order chi connectivity index (χ1) is 13.9. The topological polar surface area (TPSA) is 72.5 Å². The van der Waals surface area contributed by atoms with Gasteiger partial charge in [0.15, 0.2) is 5.78 Å². The Balaban J connectivity index is 1.77. The number of rotatable bonds is 5. The van der Waals surface area contributed by atoms with Gasteiger partial charge in [0.1, 0.15) is 5.82 Å². The van der Waals surface area contributed by atoms with E-state index in [0.717, 1.165) is 19.2 Å². The van der Waals surface area contributed by atoms with Crippen molar-refractivity contribution in [3.05, 3.63) is 99.8 Å². The van der Waals surface area contributed by atoms with E-state index in [0.29, 0.717) is 21.8 Å². The molecule has 1 amide bonds. The SMILES string of the molecule is COC(=O)c1cc(C(=O)c2ccc(NC(=O)c3cccc(Cl)c3)cc2)ccc1F. The highest BCUT2D eigenvalue weighted by Gasteiger charge is 2.17. The minimum atomic E-state index is -0.865. The smallest absolute Gasteiger partial charge is 0.340 e. The summed E-state index contributed by atoms with van der Waals surface area (Å²) in [5.41, 5.74) is 1.03. The quantitative estimate of drug-likeness (QED) is 0.485. The zero-order valence-corrected chi connectivity index (χ0v) is 16.0. The molecule has 1 N–H and O–H groups in total. The Hall–Kier alpha value is -3.51. The second-order valence-electron chi connectivity index (χ2n) is 6.06. The molecule has 0 aliphatic rings. The number of halogens is 2. The van der Waals surface area contributed by atoms with Gasteiger partial charge in [0.2, 0.25) is 0 Å². The van der Waals surface area contributed by atoms with Gasteiger partial charge >= 0.3 is 5.97 Å². The Labute approximate surface area is 171 Å². The van der Waals surface area contributed by atoms with E-state index in [2.05, 4.69) is 10.1 Å². The largest absolute Gasteiger partial charge is 0.465 e. The van der Waals surface area contributed by atoms with Gasteiger partial charge in [-0.05, 0) is 60.7 Å². The van der Waals surface area contributed by atoms with Crippen molar-refractivity contribution >= 4 is 34.9 Å². The standard InChI is InChI=1S/C22H15ClFNO4/c1-29-22(28)18-12-14(7-10-19(18)24)20(26)13-5-8-17(9-6-13)25-21(27)15-3-2-4-16(23)11-15/h2-12H,1H3,(H,25,27). The molecule has 0 radical (unpaired) electrons. The first-order valence-electron chi connectivity index (χ1n) is 8.48. The molecule has 3 aromatic rings. The van der Waals surface area contributed by atoms with Crippen LogP contribution in [0.1, 0.15) is 36.6 Å². The number of hydrogen-bond acceptors (Lipinski definition) is 4. The third-order valence-corrected chi connectivity index (χ3v) is 4.36. The van der Waals surface area contributed by atoms with Crippen LogP contribution in [0.25, 0.3) is 0 Å². The average Bonchev–Trinajstić information content (AvgIpc) is 2.73. The van der Waals surface area contributed by atoms with Gasteiger partial charge in [-0.2, -0.15) is 0 Å². The summed E-state index contributed by atoms with van der Waals surface area (Å²) in [6.07, 6.45) is 0. The fourth-order valence-corrected chi connectivity index (χ4v) is 2.83. The second-order valence-corrected chi connectivity index (χ2v) is 6.49. The van der Waals surface area contributed by atoms with Crippen molar-refractivity contribution in [1.82, 2.24) is 0 Å². The van der Waals surface area contributed by atoms with Gasteiger partial charge in [0.05, 0.1) is 12.7 Å². The monoisotopic (exact) mass is 411 g/mol. The number of methoxy groups -OCH3 is 1. The maximum Gasteiger partial charge on any atom is 0.340 e. The van der Waals surface area contributed by atoms with E-state index in [1.165, 1.54) is 18.2 Å². The summed E-state index contributed by atoms with van der Waals surface area (Å²) in [6, 6.07) is 16.2. The normalized spacial score (nSPS) is 10.3. The van der Waals surface area contributed by atoms with Gasteiger partial charge in [0.25, 0.3) is 5.91 Å². The number of ketones is 1. The molecule has 0 aliphatic heterocycles. The maximum atomic E-state index is 13.8. The zero-order valence-electron chi connectivity index (χ0n) is 15.2. The lowest BCUT2D eigenvalue weighted by molar-refractivity contribution is 0.0595. The first-order valence-corrected chi connectivity index (χ1v) is 8.86. The molecule has 0 aromatic heterocycles. The van der Waals surface area contributed by atoms with Crippen LogP contribution >= 0.6 is 11.6 Å². The molecule has 0 aliphatic carbocycles. The summed E-state index contributed by atoms with van der Waals surface area (Å²) in [4.78, 5) is 36.5. The highest BCUT2D eigenvalue weighted by molar-refractivity contribution is 6.31. The fourth-order valence-electron chi connectivity index (χ4n) is 2.64. The molecule has 0 saturated carbocycles. The number of hydrogen-bond donors (Lipinski definition) is 1. The molecule has 0 spiro atoms. The van der Waals surface area contributed by atoms with E-state index < -0.39 is 17.6 Å². The molecule has 146 valence electrons. The number of carbonyl (C=O) groups excluding carboxylic acids is 3. The van der Waals surface area contributed by atoms with Gasteiger partial charge in [-0.1, -0.05) is 17.7 Å². The predicted molar refractivity (Wildman–Crippen MR) is 107 cm³/mol. The predicted octanol–water partition coefficient (Wildman–Crippen LogP) is 4.75. The van der Waals surface area contributed by atoms with Gasteiger partial charge < -0.3 is 10.1 Å². The molecule has 29 heavy (non-hydrogen) atoms. The van der Waals surface area contributed by atoms with Gasteiger partial charge in [0, 0.05) is 27.4 Å². The van der Waals surface area contributed by atoms with Crippen LogP contribution in [0.4, 0.5) is 10.1 Å². The van der Waals surface area contributed by atoms with Crippen LogP contribution in [0.5, 0.6) is 0 Å². The molecule has 7 heteroatoms. The van der Waals surface area contributed by atoms with Gasteiger partial charge in [-0.3, -0.25) is 9.59 Å². The van der Waals surface area contributed by atoms with Crippen LogP contribution in [-0.4, -0.2) is 24.8 Å². The maximum absolute atomic E-state index is 13.8. The van der Waals surface area contributed by atoms with Crippen LogP contribution in [0.3, 0.4) is 0 Å². The minimum Gasteiger partial charge on any atom is -0.465 e. The van der Waals surface area contributed by atoms with Crippen LogP contribution in [0.2, 0.25) is 5.02 Å². The number of anilines is 1. The molecule has 0 fully saturated rings. The fraction of sp³-hybridized carbons (Fsp3) is 0.0455. The molecular formula is C22H15ClFNO4. The van der Waals surface area contributed by atoms with Crippen LogP contribution in [0.15, 0.2) is 66.7 Å². The number of nitrogens with one attached hydrogen (secondary N) is 1. The number of esters is 1. The Kier molecular flexibility index (Phi) is 6.04. The molecule has 3 rings (SSSR count). The van der Waals surface area contributed by atoms with Crippen molar-refractivity contribution < 1.29 is 23.5 Å². The van der Waals surface area contributed by atoms with Crippen molar-refractivity contribution in [3.63, 3.8) is 0 Å². The minimum absolute atomic E-state index is 0.141. The molecule has 5 nitrogen and oxygen atoms in total. The van der Waals surface area contributed by atoms with E-state index in [-0.39, 0.29) is 17.0 Å². The second kappa shape index (κ2) is 8.67. The van der Waals surface area contributed by atoms with Crippen molar-refractivity contribution in [2.45, 2.75) is 0 Å². The number of amides is 1. The van der Waals surface area contributed by atoms with Crippen molar-refractivity contribution in [1.29, 1.82) is 0 Å². The van der Waals surface area contributed by atoms with Crippen molar-refractivity contribution in [3.8, 4) is 0 Å². The summed E-state index contributed by atoms with van der Waals surface area (Å²) in [5, 5.41) is 3.16. The summed E-state index contributed by atoms with van der Waals surface area (Å²) in [6.45, 7) is 0. The molecule has 0 saturated heterocycles. The first kappa shape index (κ1) is 20.2. The van der Waals surface area contributed by atoms with Gasteiger partial charge in [-0.15, -0.1) is 0 Å². The third kappa shape index (κ3) is 4.67. The van der Waals surface area contributed by atoms with Crippen LogP contribution in [-0.2, 0) is 4.74 Å². The average molecular weight is 412 g/mol. The lowest BCUT2D eigenvalue weighted by Crippen LogP contribution is -2.12. The van der Waals surface area contributed by atoms with E-state index in [4.69, 9.17) is 11.6 Å². The van der Waals surface area contributed by atoms with Crippen molar-refractivity contribution in [2.24, 2.45) is 0 Å². The number of carbonyl (C=O) groups is 3. The summed E-state index contributed by atoms with van der Waals surface area (Å²) in [7, 11) is 1.13. The Morgan fingerprint density at radius 3 is 2.24 bits per heavy atom. The Morgan fingerprint density at radius 1 is 0.897 bits per heavy atom.